The summed E-state index contributed by atoms with van der Waals surface area (Å²) >= 11 is 0. The lowest BCUT2D eigenvalue weighted by Gasteiger charge is -2.15. The Morgan fingerprint density at radius 1 is 0.232 bits per heavy atom. The van der Waals surface area contributed by atoms with Gasteiger partial charge in [0.1, 0.15) is 0 Å². The standard InChI is InChI=1S/C53H33N3/c1-3-13-35(14-4-1)51-54-52(36-15-5-2-6-16-36)56-53(55-51)37-27-25-34(26-28-37)48-32-38-17-7-8-18-39(38)33-49(48)41-20-11-19-40(31-41)42-29-30-47-44-22-10-9-21-43(44)46-24-12-23-45(42)50(46)47/h1-33H. The molecule has 0 saturated carbocycles. The molecule has 3 heteroatoms. The van der Waals surface area contributed by atoms with Crippen molar-refractivity contribution in [3.8, 4) is 89.8 Å². The van der Waals surface area contributed by atoms with Crippen molar-refractivity contribution in [2.24, 2.45) is 0 Å². The fraction of sp³-hybridized carbons (Fsp3) is 0. The van der Waals surface area contributed by atoms with Crippen LogP contribution in [0.4, 0.5) is 0 Å². The van der Waals surface area contributed by atoms with Crippen LogP contribution < -0.4 is 0 Å². The Labute approximate surface area is 325 Å². The van der Waals surface area contributed by atoms with Gasteiger partial charge in [0.15, 0.2) is 17.5 Å². The lowest BCUT2D eigenvalue weighted by molar-refractivity contribution is 1.07. The van der Waals surface area contributed by atoms with Crippen LogP contribution >= 0.6 is 0 Å². The van der Waals surface area contributed by atoms with Crippen LogP contribution in [-0.2, 0) is 0 Å². The summed E-state index contributed by atoms with van der Waals surface area (Å²) in [6.45, 7) is 0. The molecule has 0 bridgehead atoms. The summed E-state index contributed by atoms with van der Waals surface area (Å²) in [5.41, 5.74) is 15.2. The van der Waals surface area contributed by atoms with Crippen molar-refractivity contribution in [1.29, 1.82) is 0 Å². The third kappa shape index (κ3) is 5.40. The Morgan fingerprint density at radius 3 is 1.25 bits per heavy atom. The number of rotatable bonds is 6. The predicted molar refractivity (Wildman–Crippen MR) is 232 cm³/mol. The number of fused-ring (bicyclic) bond motifs is 4. The Kier molecular flexibility index (Phi) is 7.49. The highest BCUT2D eigenvalue weighted by molar-refractivity contribution is 6.18. The molecular formula is C53H33N3. The summed E-state index contributed by atoms with van der Waals surface area (Å²) < 4.78 is 0. The van der Waals surface area contributed by atoms with Gasteiger partial charge in [0.05, 0.1) is 0 Å². The van der Waals surface area contributed by atoms with Gasteiger partial charge in [0.2, 0.25) is 0 Å². The fourth-order valence-corrected chi connectivity index (χ4v) is 8.37. The van der Waals surface area contributed by atoms with Crippen LogP contribution in [0.15, 0.2) is 200 Å². The van der Waals surface area contributed by atoms with Gasteiger partial charge in [-0.05, 0) is 95.4 Å². The topological polar surface area (TPSA) is 38.7 Å². The third-order valence-electron chi connectivity index (χ3n) is 11.1. The quantitative estimate of drug-likeness (QED) is 0.172. The molecule has 0 aliphatic heterocycles. The average molecular weight is 712 g/mol. The van der Waals surface area contributed by atoms with Crippen molar-refractivity contribution in [1.82, 2.24) is 15.0 Å². The number of hydrogen-bond donors (Lipinski definition) is 0. The van der Waals surface area contributed by atoms with Gasteiger partial charge in [0, 0.05) is 16.7 Å². The van der Waals surface area contributed by atoms with Crippen molar-refractivity contribution < 1.29 is 0 Å². The third-order valence-corrected chi connectivity index (χ3v) is 11.1. The van der Waals surface area contributed by atoms with Crippen molar-refractivity contribution in [2.75, 3.05) is 0 Å². The van der Waals surface area contributed by atoms with Crippen molar-refractivity contribution >= 4 is 21.5 Å². The maximum absolute atomic E-state index is 4.97. The van der Waals surface area contributed by atoms with Crippen LogP contribution in [-0.4, -0.2) is 15.0 Å². The van der Waals surface area contributed by atoms with E-state index in [1.807, 2.05) is 60.7 Å². The molecular weight excluding hydrogens is 679 g/mol. The number of benzene rings is 9. The fourth-order valence-electron chi connectivity index (χ4n) is 8.37. The van der Waals surface area contributed by atoms with Gasteiger partial charge in [-0.15, -0.1) is 0 Å². The normalized spacial score (nSPS) is 11.6. The second-order valence-corrected chi connectivity index (χ2v) is 14.4. The van der Waals surface area contributed by atoms with Crippen LogP contribution in [0.5, 0.6) is 0 Å². The first-order chi connectivity index (χ1) is 27.7. The van der Waals surface area contributed by atoms with E-state index in [-0.39, 0.29) is 0 Å². The SMILES string of the molecule is c1ccc(-c2nc(-c3ccccc3)nc(-c3ccc(-c4cc5ccccc5cc4-c4cccc(-c5ccc6c7c(cccc57)-c5ccccc5-6)c4)cc3)n2)cc1. The molecule has 0 unspecified atom stereocenters. The second kappa shape index (κ2) is 13.1. The minimum Gasteiger partial charge on any atom is -0.208 e. The van der Waals surface area contributed by atoms with E-state index in [1.54, 1.807) is 0 Å². The van der Waals surface area contributed by atoms with E-state index in [1.165, 1.54) is 71.6 Å². The molecule has 0 spiro atoms. The van der Waals surface area contributed by atoms with E-state index >= 15 is 0 Å². The summed E-state index contributed by atoms with van der Waals surface area (Å²) in [6.07, 6.45) is 0. The van der Waals surface area contributed by atoms with E-state index < -0.39 is 0 Å². The zero-order valence-corrected chi connectivity index (χ0v) is 30.4. The summed E-state index contributed by atoms with van der Waals surface area (Å²) in [4.78, 5) is 14.8. The molecule has 10 aromatic rings. The first-order valence-electron chi connectivity index (χ1n) is 19.0. The molecule has 1 aliphatic rings. The van der Waals surface area contributed by atoms with Crippen molar-refractivity contribution in [2.45, 2.75) is 0 Å². The monoisotopic (exact) mass is 711 g/mol. The van der Waals surface area contributed by atoms with Crippen molar-refractivity contribution in [3.05, 3.63) is 200 Å². The molecule has 1 aromatic heterocycles. The Hall–Kier alpha value is -7.49. The van der Waals surface area contributed by atoms with Gasteiger partial charge in [-0.3, -0.25) is 0 Å². The van der Waals surface area contributed by atoms with E-state index in [0.29, 0.717) is 17.5 Å². The largest absolute Gasteiger partial charge is 0.208 e. The highest BCUT2D eigenvalue weighted by Gasteiger charge is 2.22. The van der Waals surface area contributed by atoms with Crippen molar-refractivity contribution in [3.63, 3.8) is 0 Å². The van der Waals surface area contributed by atoms with Crippen LogP contribution in [0.1, 0.15) is 0 Å². The smallest absolute Gasteiger partial charge is 0.164 e. The van der Waals surface area contributed by atoms with E-state index in [9.17, 15) is 0 Å². The van der Waals surface area contributed by atoms with Crippen LogP contribution in [0.25, 0.3) is 111 Å². The molecule has 9 aromatic carbocycles. The van der Waals surface area contributed by atoms with Crippen LogP contribution in [0, 0.1) is 0 Å². The Bertz CT molecular complexity index is 3030. The average Bonchev–Trinajstić information content (AvgIpc) is 3.61. The van der Waals surface area contributed by atoms with E-state index in [4.69, 9.17) is 15.0 Å². The second-order valence-electron chi connectivity index (χ2n) is 14.4. The molecule has 0 saturated heterocycles. The first kappa shape index (κ1) is 32.0. The van der Waals surface area contributed by atoms with Gasteiger partial charge in [-0.2, -0.15) is 0 Å². The number of nitrogens with zero attached hydrogens (tertiary/aromatic N) is 3. The predicted octanol–water partition coefficient (Wildman–Crippen LogP) is 13.8. The molecule has 1 heterocycles. The molecule has 0 atom stereocenters. The van der Waals surface area contributed by atoms with E-state index in [2.05, 4.69) is 140 Å². The zero-order chi connectivity index (χ0) is 37.0. The summed E-state index contributed by atoms with van der Waals surface area (Å²) in [5.74, 6) is 1.95. The van der Waals surface area contributed by atoms with Gasteiger partial charge < -0.3 is 0 Å². The van der Waals surface area contributed by atoms with Gasteiger partial charge in [-0.25, -0.2) is 15.0 Å². The Balaban J connectivity index is 1.02. The lowest BCUT2D eigenvalue weighted by atomic mass is 9.89. The molecule has 260 valence electrons. The van der Waals surface area contributed by atoms with Gasteiger partial charge in [-0.1, -0.05) is 182 Å². The maximum atomic E-state index is 4.97. The first-order valence-corrected chi connectivity index (χ1v) is 19.0. The summed E-state index contributed by atoms with van der Waals surface area (Å²) in [5, 5.41) is 5.04. The van der Waals surface area contributed by atoms with Gasteiger partial charge >= 0.3 is 0 Å². The lowest BCUT2D eigenvalue weighted by Crippen LogP contribution is -2.00. The minimum atomic E-state index is 0.643. The van der Waals surface area contributed by atoms with Crippen LogP contribution in [0.3, 0.4) is 0 Å². The minimum absolute atomic E-state index is 0.643. The highest BCUT2D eigenvalue weighted by atomic mass is 15.0. The molecule has 11 rings (SSSR count). The number of aromatic nitrogens is 3. The Morgan fingerprint density at radius 2 is 0.643 bits per heavy atom. The molecule has 0 amide bonds. The van der Waals surface area contributed by atoms with Crippen LogP contribution in [0.2, 0.25) is 0 Å². The molecule has 0 N–H and O–H groups in total. The van der Waals surface area contributed by atoms with Gasteiger partial charge in [0.25, 0.3) is 0 Å². The van der Waals surface area contributed by atoms with E-state index in [0.717, 1.165) is 22.3 Å². The molecule has 56 heavy (non-hydrogen) atoms. The summed E-state index contributed by atoms with van der Waals surface area (Å²) in [6, 6.07) is 71.3. The summed E-state index contributed by atoms with van der Waals surface area (Å²) in [7, 11) is 0. The molecule has 0 fully saturated rings. The molecule has 0 radical (unpaired) electrons. The maximum Gasteiger partial charge on any atom is 0.164 e. The molecule has 1 aliphatic carbocycles. The number of hydrogen-bond acceptors (Lipinski definition) is 3. The highest BCUT2D eigenvalue weighted by Crippen LogP contribution is 2.49. The zero-order valence-electron chi connectivity index (χ0n) is 30.4. The molecule has 3 nitrogen and oxygen atoms in total.